The van der Waals surface area contributed by atoms with Gasteiger partial charge in [0.1, 0.15) is 0 Å². The van der Waals surface area contributed by atoms with Gasteiger partial charge in [-0.3, -0.25) is 4.79 Å². The lowest BCUT2D eigenvalue weighted by Crippen LogP contribution is -2.09. The molecule has 1 unspecified atom stereocenters. The molecule has 0 spiro atoms. The van der Waals surface area contributed by atoms with Gasteiger partial charge in [0.15, 0.2) is 11.6 Å². The van der Waals surface area contributed by atoms with Crippen LogP contribution in [0.4, 0.5) is 4.39 Å². The van der Waals surface area contributed by atoms with Crippen LogP contribution in [-0.2, 0) is 4.79 Å². The quantitative estimate of drug-likeness (QED) is 0.808. The highest BCUT2D eigenvalue weighted by Gasteiger charge is 2.20. The zero-order chi connectivity index (χ0) is 10.7. The number of carbonyl (C=O) groups is 1. The van der Waals surface area contributed by atoms with Crippen LogP contribution >= 0.6 is 0 Å². The summed E-state index contributed by atoms with van der Waals surface area (Å²) < 4.78 is 18.0. The molecule has 0 aliphatic heterocycles. The first-order chi connectivity index (χ1) is 6.57. The number of rotatable bonds is 3. The fourth-order valence-electron chi connectivity index (χ4n) is 1.21. The summed E-state index contributed by atoms with van der Waals surface area (Å²) in [5.41, 5.74) is 0.347. The van der Waals surface area contributed by atoms with E-state index in [9.17, 15) is 9.18 Å². The Morgan fingerprint density at radius 3 is 2.71 bits per heavy atom. The van der Waals surface area contributed by atoms with Crippen molar-refractivity contribution in [3.63, 3.8) is 0 Å². The lowest BCUT2D eigenvalue weighted by molar-refractivity contribution is -0.138. The Balaban J connectivity index is 3.20. The minimum atomic E-state index is -1.01. The van der Waals surface area contributed by atoms with Crippen LogP contribution in [0.1, 0.15) is 18.4 Å². The van der Waals surface area contributed by atoms with Gasteiger partial charge in [-0.15, -0.1) is 0 Å². The molecular weight excluding hydrogens is 187 g/mol. The Bertz CT molecular complexity index is 349. The van der Waals surface area contributed by atoms with E-state index >= 15 is 0 Å². The fourth-order valence-corrected chi connectivity index (χ4v) is 1.21. The Hall–Kier alpha value is -1.58. The molecule has 0 aliphatic rings. The molecule has 3 nitrogen and oxygen atoms in total. The van der Waals surface area contributed by atoms with Crippen molar-refractivity contribution in [3.05, 3.63) is 29.6 Å². The number of halogens is 1. The van der Waals surface area contributed by atoms with E-state index in [-0.39, 0.29) is 5.75 Å². The Labute approximate surface area is 81.1 Å². The number of ether oxygens (including phenoxy) is 1. The zero-order valence-corrected chi connectivity index (χ0v) is 7.95. The SMILES string of the molecule is COc1c(F)cccc1C(C)C(=O)O. The molecule has 1 atom stereocenters. The van der Waals surface area contributed by atoms with Crippen LogP contribution in [0.2, 0.25) is 0 Å². The Morgan fingerprint density at radius 1 is 1.57 bits per heavy atom. The van der Waals surface area contributed by atoms with Crippen molar-refractivity contribution < 1.29 is 19.0 Å². The molecule has 0 fully saturated rings. The molecule has 0 saturated heterocycles. The molecule has 1 aromatic rings. The fraction of sp³-hybridized carbons (Fsp3) is 0.300. The van der Waals surface area contributed by atoms with Crippen LogP contribution in [0.25, 0.3) is 0 Å². The molecule has 0 aliphatic carbocycles. The summed E-state index contributed by atoms with van der Waals surface area (Å²) >= 11 is 0. The van der Waals surface area contributed by atoms with Crippen molar-refractivity contribution in [1.82, 2.24) is 0 Å². The number of hydrogen-bond donors (Lipinski definition) is 1. The van der Waals surface area contributed by atoms with Crippen LogP contribution < -0.4 is 4.74 Å². The maximum absolute atomic E-state index is 13.2. The van der Waals surface area contributed by atoms with Crippen molar-refractivity contribution in [2.75, 3.05) is 7.11 Å². The summed E-state index contributed by atoms with van der Waals surface area (Å²) in [5.74, 6) is -2.32. The molecule has 0 bridgehead atoms. The molecule has 4 heteroatoms. The minimum absolute atomic E-state index is 0.00222. The third-order valence-corrected chi connectivity index (χ3v) is 2.04. The predicted octanol–water partition coefficient (Wildman–Crippen LogP) is 2.02. The molecule has 0 heterocycles. The lowest BCUT2D eigenvalue weighted by Gasteiger charge is -2.12. The number of hydrogen-bond acceptors (Lipinski definition) is 2. The summed E-state index contributed by atoms with van der Waals surface area (Å²) in [6.45, 7) is 1.49. The highest BCUT2D eigenvalue weighted by atomic mass is 19.1. The molecule has 1 aromatic carbocycles. The summed E-state index contributed by atoms with van der Waals surface area (Å²) in [5, 5.41) is 8.77. The van der Waals surface area contributed by atoms with Gasteiger partial charge >= 0.3 is 5.97 Å². The van der Waals surface area contributed by atoms with E-state index in [0.29, 0.717) is 5.56 Å². The molecule has 1 rings (SSSR count). The third kappa shape index (κ3) is 1.84. The van der Waals surface area contributed by atoms with Crippen molar-refractivity contribution >= 4 is 5.97 Å². The first kappa shape index (κ1) is 10.5. The molecule has 0 aromatic heterocycles. The average Bonchev–Trinajstić information content (AvgIpc) is 2.16. The molecule has 0 saturated carbocycles. The van der Waals surface area contributed by atoms with E-state index < -0.39 is 17.7 Å². The monoisotopic (exact) mass is 198 g/mol. The summed E-state index contributed by atoms with van der Waals surface area (Å²) in [4.78, 5) is 10.7. The van der Waals surface area contributed by atoms with Gasteiger partial charge in [-0.1, -0.05) is 12.1 Å². The molecule has 76 valence electrons. The van der Waals surface area contributed by atoms with Crippen molar-refractivity contribution in [2.24, 2.45) is 0 Å². The number of carboxylic acids is 1. The van der Waals surface area contributed by atoms with Crippen molar-refractivity contribution in [2.45, 2.75) is 12.8 Å². The van der Waals surface area contributed by atoms with Gasteiger partial charge in [-0.25, -0.2) is 4.39 Å². The van der Waals surface area contributed by atoms with E-state index in [4.69, 9.17) is 9.84 Å². The number of aliphatic carboxylic acids is 1. The molecule has 14 heavy (non-hydrogen) atoms. The molecule has 1 N–H and O–H groups in total. The normalized spacial score (nSPS) is 12.2. The predicted molar refractivity (Wildman–Crippen MR) is 49.0 cm³/mol. The zero-order valence-electron chi connectivity index (χ0n) is 7.95. The second-order valence-electron chi connectivity index (χ2n) is 2.92. The van der Waals surface area contributed by atoms with E-state index in [0.717, 1.165) is 0 Å². The highest BCUT2D eigenvalue weighted by Crippen LogP contribution is 2.28. The average molecular weight is 198 g/mol. The van der Waals surface area contributed by atoms with Crippen LogP contribution in [0.15, 0.2) is 18.2 Å². The van der Waals surface area contributed by atoms with Crippen LogP contribution in [0.3, 0.4) is 0 Å². The van der Waals surface area contributed by atoms with Crippen LogP contribution in [0, 0.1) is 5.82 Å². The summed E-state index contributed by atoms with van der Waals surface area (Å²) in [7, 11) is 1.32. The van der Waals surface area contributed by atoms with E-state index in [1.165, 1.54) is 26.2 Å². The number of methoxy groups -OCH3 is 1. The van der Waals surface area contributed by atoms with Gasteiger partial charge in [-0.05, 0) is 13.0 Å². The standard InChI is InChI=1S/C10H11FO3/c1-6(10(12)13)7-4-3-5-8(11)9(7)14-2/h3-6H,1-2H3,(H,12,13). The second kappa shape index (κ2) is 4.09. The summed E-state index contributed by atoms with van der Waals surface area (Å²) in [6, 6.07) is 4.24. The Morgan fingerprint density at radius 2 is 2.21 bits per heavy atom. The van der Waals surface area contributed by atoms with Gasteiger partial charge in [0.05, 0.1) is 13.0 Å². The van der Waals surface area contributed by atoms with E-state index in [1.807, 2.05) is 0 Å². The minimum Gasteiger partial charge on any atom is -0.493 e. The summed E-state index contributed by atoms with van der Waals surface area (Å²) in [6.07, 6.45) is 0. The first-order valence-corrected chi connectivity index (χ1v) is 4.13. The first-order valence-electron chi connectivity index (χ1n) is 4.13. The van der Waals surface area contributed by atoms with Gasteiger partial charge in [0.2, 0.25) is 0 Å². The van der Waals surface area contributed by atoms with Crippen molar-refractivity contribution in [3.8, 4) is 5.75 Å². The Kier molecular flexibility index (Phi) is 3.06. The number of para-hydroxylation sites is 1. The van der Waals surface area contributed by atoms with Gasteiger partial charge in [-0.2, -0.15) is 0 Å². The third-order valence-electron chi connectivity index (χ3n) is 2.04. The van der Waals surface area contributed by atoms with Crippen LogP contribution in [-0.4, -0.2) is 18.2 Å². The van der Waals surface area contributed by atoms with Crippen LogP contribution in [0.5, 0.6) is 5.75 Å². The molecule has 0 radical (unpaired) electrons. The lowest BCUT2D eigenvalue weighted by atomic mass is 10.0. The smallest absolute Gasteiger partial charge is 0.310 e. The maximum Gasteiger partial charge on any atom is 0.310 e. The van der Waals surface area contributed by atoms with Crippen molar-refractivity contribution in [1.29, 1.82) is 0 Å². The van der Waals surface area contributed by atoms with Gasteiger partial charge < -0.3 is 9.84 Å². The molecular formula is C10H11FO3. The van der Waals surface area contributed by atoms with E-state index in [1.54, 1.807) is 6.07 Å². The maximum atomic E-state index is 13.2. The topological polar surface area (TPSA) is 46.5 Å². The van der Waals surface area contributed by atoms with Gasteiger partial charge in [0, 0.05) is 5.56 Å². The number of benzene rings is 1. The van der Waals surface area contributed by atoms with Gasteiger partial charge in [0.25, 0.3) is 0 Å². The highest BCUT2D eigenvalue weighted by molar-refractivity contribution is 5.76. The second-order valence-corrected chi connectivity index (χ2v) is 2.92. The molecule has 0 amide bonds. The number of carboxylic acid groups (broad SMARTS) is 1. The van der Waals surface area contributed by atoms with E-state index in [2.05, 4.69) is 0 Å². The largest absolute Gasteiger partial charge is 0.493 e.